The maximum absolute atomic E-state index is 13.3. The standard InChI is InChI=1S/C23H24FN3O3.C14H26FNO3/c1-3-30-23(29)20-13-15-12-17(8-9-19(15)26-20)25-22(28)21-18(10-11-27(21)2)14-4-6-16(24)7-5-14;1-5-11(10-17)7-6-8-12(9-15)16-13(18)19-14(2,3)4/h4-9,12-13,18,21,26H,3,10-11H2,1-2H3,(H,25,28);10-12H,5-9H2,1-4H3,(H,16,18). The lowest BCUT2D eigenvalue weighted by molar-refractivity contribution is -0.120. The molecule has 2 aromatic carbocycles. The highest BCUT2D eigenvalue weighted by Gasteiger charge is 2.38. The number of H-pyrrole nitrogens is 1. The number of likely N-dealkylation sites (N-methyl/N-ethyl adjacent to an activating group) is 1. The Bertz CT molecular complexity index is 1540. The number of ether oxygens (including phenoxy) is 2. The van der Waals surface area contributed by atoms with Gasteiger partial charge in [0.1, 0.15) is 30.1 Å². The Hall–Kier alpha value is -4.32. The van der Waals surface area contributed by atoms with E-state index in [1.54, 1.807) is 52.0 Å². The van der Waals surface area contributed by atoms with Crippen LogP contribution in [0, 0.1) is 11.7 Å². The lowest BCUT2D eigenvalue weighted by Gasteiger charge is -2.24. The molecule has 3 aromatic rings. The SMILES string of the molecule is CCC(C=O)CCCC(CF)NC(=O)OC(C)(C)C.CCOC(=O)c1cc2cc(NC(=O)C3C(c4ccc(F)cc4)CCN3C)ccc2[nH]1. The number of alkyl halides is 1. The Labute approximate surface area is 287 Å². The Morgan fingerprint density at radius 1 is 1.08 bits per heavy atom. The number of nitrogens with zero attached hydrogens (tertiary/aromatic N) is 1. The molecule has 0 spiro atoms. The third kappa shape index (κ3) is 12.0. The number of aldehydes is 1. The van der Waals surface area contributed by atoms with E-state index in [0.717, 1.165) is 48.6 Å². The fourth-order valence-electron chi connectivity index (χ4n) is 5.79. The second-order valence-electron chi connectivity index (χ2n) is 13.3. The van der Waals surface area contributed by atoms with E-state index in [0.29, 0.717) is 30.8 Å². The van der Waals surface area contributed by atoms with Gasteiger partial charge in [-0.05, 0) is 109 Å². The van der Waals surface area contributed by atoms with Crippen LogP contribution in [-0.4, -0.2) is 78.7 Å². The van der Waals surface area contributed by atoms with Crippen molar-refractivity contribution in [1.29, 1.82) is 0 Å². The maximum Gasteiger partial charge on any atom is 0.407 e. The number of aromatic nitrogens is 1. The number of anilines is 1. The molecule has 4 atom stereocenters. The zero-order valence-corrected chi connectivity index (χ0v) is 29.3. The molecule has 0 aliphatic carbocycles. The van der Waals surface area contributed by atoms with Crippen LogP contribution in [0.2, 0.25) is 0 Å². The third-order valence-electron chi connectivity index (χ3n) is 8.35. The second-order valence-corrected chi connectivity index (χ2v) is 13.3. The first-order valence-electron chi connectivity index (χ1n) is 16.9. The number of likely N-dealkylation sites (tertiary alicyclic amines) is 1. The van der Waals surface area contributed by atoms with E-state index in [1.165, 1.54) is 12.1 Å². The highest BCUT2D eigenvalue weighted by Crippen LogP contribution is 2.33. The average Bonchev–Trinajstić information content (AvgIpc) is 3.66. The number of fused-ring (bicyclic) bond motifs is 1. The van der Waals surface area contributed by atoms with Gasteiger partial charge in [-0.3, -0.25) is 9.69 Å². The largest absolute Gasteiger partial charge is 0.461 e. The molecule has 1 saturated heterocycles. The van der Waals surface area contributed by atoms with Crippen LogP contribution >= 0.6 is 0 Å². The molecule has 1 aliphatic heterocycles. The van der Waals surface area contributed by atoms with Crippen LogP contribution < -0.4 is 10.6 Å². The molecule has 4 rings (SSSR count). The van der Waals surface area contributed by atoms with Gasteiger partial charge in [0.05, 0.1) is 18.7 Å². The fraction of sp³-hybridized carbons (Fsp3) is 0.514. The summed E-state index contributed by atoms with van der Waals surface area (Å²) >= 11 is 0. The molecule has 12 heteroatoms. The number of rotatable bonds is 13. The van der Waals surface area contributed by atoms with E-state index in [4.69, 9.17) is 9.47 Å². The van der Waals surface area contributed by atoms with Gasteiger partial charge >= 0.3 is 12.1 Å². The van der Waals surface area contributed by atoms with Gasteiger partial charge in [-0.15, -0.1) is 0 Å². The number of esters is 1. The van der Waals surface area contributed by atoms with Gasteiger partial charge in [0.15, 0.2) is 0 Å². The van der Waals surface area contributed by atoms with E-state index in [9.17, 15) is 28.0 Å². The number of halogens is 2. The molecule has 3 N–H and O–H groups in total. The number of hydrogen-bond acceptors (Lipinski definition) is 7. The van der Waals surface area contributed by atoms with Gasteiger partial charge in [0.2, 0.25) is 5.91 Å². The zero-order valence-electron chi connectivity index (χ0n) is 29.3. The number of aromatic amines is 1. The van der Waals surface area contributed by atoms with Gasteiger partial charge in [-0.25, -0.2) is 18.4 Å². The van der Waals surface area contributed by atoms with Crippen LogP contribution in [0.25, 0.3) is 10.9 Å². The molecule has 1 fully saturated rings. The number of carbonyl (C=O) groups excluding carboxylic acids is 4. The van der Waals surface area contributed by atoms with Gasteiger partial charge in [-0.2, -0.15) is 0 Å². The van der Waals surface area contributed by atoms with Gasteiger partial charge in [0.25, 0.3) is 0 Å². The van der Waals surface area contributed by atoms with E-state index in [1.807, 2.05) is 31.0 Å². The molecular formula is C37H50F2N4O6. The van der Waals surface area contributed by atoms with Crippen molar-refractivity contribution in [3.63, 3.8) is 0 Å². The summed E-state index contributed by atoms with van der Waals surface area (Å²) in [5, 5.41) is 6.32. The monoisotopic (exact) mass is 684 g/mol. The molecule has 10 nitrogen and oxygen atoms in total. The number of hydrogen-bond donors (Lipinski definition) is 3. The predicted molar refractivity (Wildman–Crippen MR) is 186 cm³/mol. The molecule has 49 heavy (non-hydrogen) atoms. The summed E-state index contributed by atoms with van der Waals surface area (Å²) in [6.45, 7) is 9.45. The van der Waals surface area contributed by atoms with Crippen LogP contribution in [-0.2, 0) is 19.1 Å². The highest BCUT2D eigenvalue weighted by molar-refractivity contribution is 5.99. The van der Waals surface area contributed by atoms with Crippen LogP contribution in [0.4, 0.5) is 19.3 Å². The average molecular weight is 685 g/mol. The number of benzene rings is 2. The predicted octanol–water partition coefficient (Wildman–Crippen LogP) is 7.15. The minimum Gasteiger partial charge on any atom is -0.461 e. The molecule has 1 aromatic heterocycles. The first-order chi connectivity index (χ1) is 23.3. The molecule has 4 unspecified atom stereocenters. The first kappa shape index (κ1) is 39.1. The summed E-state index contributed by atoms with van der Waals surface area (Å²) in [5.41, 5.74) is 2.19. The Balaban J connectivity index is 0.000000298. The highest BCUT2D eigenvalue weighted by atomic mass is 19.1. The summed E-state index contributed by atoms with van der Waals surface area (Å²) in [4.78, 5) is 52.2. The summed E-state index contributed by atoms with van der Waals surface area (Å²) in [7, 11) is 1.93. The van der Waals surface area contributed by atoms with Crippen molar-refractivity contribution in [2.24, 2.45) is 5.92 Å². The summed E-state index contributed by atoms with van der Waals surface area (Å²) < 4.78 is 36.2. The molecule has 2 amide bonds. The van der Waals surface area contributed by atoms with E-state index in [2.05, 4.69) is 15.6 Å². The number of nitrogens with one attached hydrogen (secondary N) is 3. The maximum atomic E-state index is 13.3. The van der Waals surface area contributed by atoms with Crippen LogP contribution in [0.3, 0.4) is 0 Å². The van der Waals surface area contributed by atoms with Crippen molar-refractivity contribution in [1.82, 2.24) is 15.2 Å². The van der Waals surface area contributed by atoms with Crippen LogP contribution in [0.1, 0.15) is 88.7 Å². The molecule has 1 aliphatic rings. The summed E-state index contributed by atoms with van der Waals surface area (Å²) in [6, 6.07) is 12.7. The number of carbonyl (C=O) groups is 4. The van der Waals surface area contributed by atoms with Crippen molar-refractivity contribution in [2.75, 3.05) is 32.2 Å². The Morgan fingerprint density at radius 3 is 2.41 bits per heavy atom. The van der Waals surface area contributed by atoms with E-state index < -0.39 is 30.4 Å². The normalized spacial score (nSPS) is 17.4. The first-order valence-corrected chi connectivity index (χ1v) is 16.9. The lowest BCUT2D eigenvalue weighted by Crippen LogP contribution is -2.40. The minimum atomic E-state index is -0.628. The van der Waals surface area contributed by atoms with Crippen molar-refractivity contribution in [2.45, 2.75) is 90.3 Å². The zero-order chi connectivity index (χ0) is 36.1. The summed E-state index contributed by atoms with van der Waals surface area (Å²) in [6.07, 6.45) is 3.92. The molecule has 0 radical (unpaired) electrons. The van der Waals surface area contributed by atoms with Crippen molar-refractivity contribution in [3.8, 4) is 0 Å². The molecule has 2 heterocycles. The van der Waals surface area contributed by atoms with Crippen molar-refractivity contribution >= 4 is 40.8 Å². The van der Waals surface area contributed by atoms with Gasteiger partial charge in [0, 0.05) is 28.4 Å². The van der Waals surface area contributed by atoms with Crippen molar-refractivity contribution in [3.05, 3.63) is 65.6 Å². The van der Waals surface area contributed by atoms with E-state index >= 15 is 0 Å². The van der Waals surface area contributed by atoms with Gasteiger partial charge < -0.3 is 29.9 Å². The van der Waals surface area contributed by atoms with E-state index in [-0.39, 0.29) is 29.6 Å². The molecular weight excluding hydrogens is 634 g/mol. The van der Waals surface area contributed by atoms with Crippen molar-refractivity contribution < 1.29 is 37.4 Å². The topological polar surface area (TPSA) is 130 Å². The Morgan fingerprint density at radius 2 is 1.80 bits per heavy atom. The second kappa shape index (κ2) is 18.4. The third-order valence-corrected chi connectivity index (χ3v) is 8.35. The minimum absolute atomic E-state index is 0.00186. The molecule has 0 bridgehead atoms. The fourth-order valence-corrected chi connectivity index (χ4v) is 5.79. The summed E-state index contributed by atoms with van der Waals surface area (Å²) in [5.74, 6) is -0.768. The number of alkyl carbamates (subject to hydrolysis) is 1. The molecule has 0 saturated carbocycles. The van der Waals surface area contributed by atoms with Crippen LogP contribution in [0.15, 0.2) is 48.5 Å². The quantitative estimate of drug-likeness (QED) is 0.129. The van der Waals surface area contributed by atoms with Crippen LogP contribution in [0.5, 0.6) is 0 Å². The van der Waals surface area contributed by atoms with Gasteiger partial charge in [-0.1, -0.05) is 25.5 Å². The number of amides is 2. The lowest BCUT2D eigenvalue weighted by atomic mass is 9.91. The molecule has 268 valence electrons. The smallest absolute Gasteiger partial charge is 0.407 e. The Kier molecular flexibility index (Phi) is 14.7.